The summed E-state index contributed by atoms with van der Waals surface area (Å²) in [6.45, 7) is 3.98. The fourth-order valence-electron chi connectivity index (χ4n) is 2.97. The van der Waals surface area contributed by atoms with Crippen LogP contribution in [-0.2, 0) is 17.8 Å². The van der Waals surface area contributed by atoms with Gasteiger partial charge < -0.3 is 20.3 Å². The lowest BCUT2D eigenvalue weighted by molar-refractivity contribution is -0.142. The van der Waals surface area contributed by atoms with E-state index < -0.39 is 12.0 Å². The quantitative estimate of drug-likeness (QED) is 0.794. The van der Waals surface area contributed by atoms with Crippen molar-refractivity contribution in [2.24, 2.45) is 0 Å². The predicted molar refractivity (Wildman–Crippen MR) is 82.6 cm³/mol. The summed E-state index contributed by atoms with van der Waals surface area (Å²) in [6, 6.07) is 6.59. The molecule has 0 aliphatic carbocycles. The third-order valence-electron chi connectivity index (χ3n) is 3.96. The van der Waals surface area contributed by atoms with Gasteiger partial charge >= 0.3 is 12.0 Å². The Hall–Kier alpha value is -2.50. The number of amides is 2. The number of rotatable bonds is 2. The first-order valence-corrected chi connectivity index (χ1v) is 7.35. The normalized spacial score (nSPS) is 17.6. The van der Waals surface area contributed by atoms with Crippen molar-refractivity contribution in [2.75, 3.05) is 0 Å². The molecule has 2 amide bonds. The molecule has 3 N–H and O–H groups in total. The maximum absolute atomic E-state index is 12.3. The van der Waals surface area contributed by atoms with Gasteiger partial charge in [0.05, 0.1) is 6.54 Å². The van der Waals surface area contributed by atoms with E-state index >= 15 is 0 Å². The first kappa shape index (κ1) is 14.4. The van der Waals surface area contributed by atoms with Gasteiger partial charge in [-0.3, -0.25) is 0 Å². The number of aliphatic carboxylic acids is 1. The number of hydrogen-bond acceptors (Lipinski definition) is 2. The molecule has 0 saturated carbocycles. The Kier molecular flexibility index (Phi) is 3.52. The molecule has 1 aromatic carbocycles. The number of para-hydroxylation sites is 1. The van der Waals surface area contributed by atoms with Gasteiger partial charge in [0, 0.05) is 29.1 Å². The maximum Gasteiger partial charge on any atom is 0.326 e. The fourth-order valence-corrected chi connectivity index (χ4v) is 2.97. The highest BCUT2D eigenvalue weighted by Gasteiger charge is 2.36. The minimum atomic E-state index is -0.977. The fraction of sp³-hybridized carbons (Fsp3) is 0.375. The van der Waals surface area contributed by atoms with Crippen LogP contribution in [0.15, 0.2) is 24.3 Å². The summed E-state index contributed by atoms with van der Waals surface area (Å²) in [5.74, 6) is -0.977. The average molecular weight is 301 g/mol. The largest absolute Gasteiger partial charge is 0.480 e. The summed E-state index contributed by atoms with van der Waals surface area (Å²) >= 11 is 0. The number of H-pyrrole nitrogens is 1. The van der Waals surface area contributed by atoms with Crippen molar-refractivity contribution in [3.63, 3.8) is 0 Å². The van der Waals surface area contributed by atoms with Gasteiger partial charge in [0.1, 0.15) is 6.04 Å². The summed E-state index contributed by atoms with van der Waals surface area (Å²) in [7, 11) is 0. The van der Waals surface area contributed by atoms with E-state index in [1.165, 1.54) is 4.90 Å². The number of aromatic amines is 1. The van der Waals surface area contributed by atoms with Gasteiger partial charge in [-0.1, -0.05) is 18.2 Å². The van der Waals surface area contributed by atoms with E-state index in [1.54, 1.807) is 0 Å². The molecular formula is C16H19N3O3. The number of nitrogens with zero attached hydrogens (tertiary/aromatic N) is 1. The van der Waals surface area contributed by atoms with Crippen molar-refractivity contribution in [1.82, 2.24) is 15.2 Å². The summed E-state index contributed by atoms with van der Waals surface area (Å²) in [6.07, 6.45) is 0.320. The first-order valence-electron chi connectivity index (χ1n) is 7.35. The zero-order valence-corrected chi connectivity index (χ0v) is 12.6. The summed E-state index contributed by atoms with van der Waals surface area (Å²) < 4.78 is 0. The highest BCUT2D eigenvalue weighted by atomic mass is 16.4. The molecule has 6 heteroatoms. The maximum atomic E-state index is 12.3. The van der Waals surface area contributed by atoms with Gasteiger partial charge in [-0.25, -0.2) is 9.59 Å². The lowest BCUT2D eigenvalue weighted by atomic mass is 9.97. The Balaban J connectivity index is 2.00. The molecule has 1 aliphatic heterocycles. The molecule has 1 atom stereocenters. The van der Waals surface area contributed by atoms with Gasteiger partial charge in [-0.2, -0.15) is 0 Å². The average Bonchev–Trinajstić information content (AvgIpc) is 2.82. The monoisotopic (exact) mass is 301 g/mol. The molecule has 116 valence electrons. The third-order valence-corrected chi connectivity index (χ3v) is 3.96. The molecular weight excluding hydrogens is 282 g/mol. The summed E-state index contributed by atoms with van der Waals surface area (Å²) in [5, 5.41) is 13.3. The number of carbonyl (C=O) groups excluding carboxylic acids is 1. The molecule has 3 rings (SSSR count). The number of carboxylic acids is 1. The van der Waals surface area contributed by atoms with Crippen molar-refractivity contribution >= 4 is 22.9 Å². The van der Waals surface area contributed by atoms with Crippen LogP contribution in [-0.4, -0.2) is 39.1 Å². The molecule has 22 heavy (non-hydrogen) atoms. The van der Waals surface area contributed by atoms with Gasteiger partial charge in [0.2, 0.25) is 0 Å². The van der Waals surface area contributed by atoms with Gasteiger partial charge in [0.25, 0.3) is 0 Å². The molecule has 0 fully saturated rings. The summed E-state index contributed by atoms with van der Waals surface area (Å²) in [5.41, 5.74) is 2.89. The van der Waals surface area contributed by atoms with Crippen LogP contribution in [0, 0.1) is 0 Å². The van der Waals surface area contributed by atoms with E-state index in [-0.39, 0.29) is 18.6 Å². The highest BCUT2D eigenvalue weighted by molar-refractivity contribution is 5.89. The van der Waals surface area contributed by atoms with Crippen molar-refractivity contribution in [3.8, 4) is 0 Å². The van der Waals surface area contributed by atoms with E-state index in [1.807, 2.05) is 38.1 Å². The van der Waals surface area contributed by atoms with Crippen LogP contribution in [0.25, 0.3) is 10.9 Å². The zero-order chi connectivity index (χ0) is 15.9. The number of benzene rings is 1. The molecule has 2 heterocycles. The second-order valence-electron chi connectivity index (χ2n) is 5.92. The Morgan fingerprint density at radius 3 is 2.77 bits per heavy atom. The number of carboxylic acid groups (broad SMARTS) is 1. The molecule has 1 unspecified atom stereocenters. The van der Waals surface area contributed by atoms with E-state index in [0.29, 0.717) is 6.42 Å². The SMILES string of the molecule is CC(C)NC(=O)N1Cc2[nH]c3ccccc3c2CC1C(=O)O. The van der Waals surface area contributed by atoms with Crippen LogP contribution < -0.4 is 5.32 Å². The van der Waals surface area contributed by atoms with Crippen LogP contribution in [0.4, 0.5) is 4.79 Å². The highest BCUT2D eigenvalue weighted by Crippen LogP contribution is 2.30. The second-order valence-corrected chi connectivity index (χ2v) is 5.92. The Bertz CT molecular complexity index is 735. The summed E-state index contributed by atoms with van der Waals surface area (Å²) in [4.78, 5) is 28.6. The van der Waals surface area contributed by atoms with Crippen LogP contribution in [0.3, 0.4) is 0 Å². The minimum absolute atomic E-state index is 0.0361. The molecule has 0 bridgehead atoms. The molecule has 2 aromatic rings. The topological polar surface area (TPSA) is 85.4 Å². The lowest BCUT2D eigenvalue weighted by Crippen LogP contribution is -2.53. The standard InChI is InChI=1S/C16H19N3O3/c1-9(2)17-16(22)19-8-13-11(7-14(19)15(20)21)10-5-3-4-6-12(10)18-13/h3-6,9,14,18H,7-8H2,1-2H3,(H,17,22)(H,20,21). The van der Waals surface area contributed by atoms with Crippen LogP contribution in [0.1, 0.15) is 25.1 Å². The predicted octanol–water partition coefficient (Wildman–Crippen LogP) is 2.10. The zero-order valence-electron chi connectivity index (χ0n) is 12.6. The third kappa shape index (κ3) is 2.41. The van der Waals surface area contributed by atoms with Crippen LogP contribution in [0.2, 0.25) is 0 Å². The van der Waals surface area contributed by atoms with Crippen LogP contribution in [0.5, 0.6) is 0 Å². The molecule has 6 nitrogen and oxygen atoms in total. The van der Waals surface area contributed by atoms with E-state index in [2.05, 4.69) is 10.3 Å². The Labute approximate surface area is 128 Å². The van der Waals surface area contributed by atoms with Gasteiger partial charge in [-0.15, -0.1) is 0 Å². The van der Waals surface area contributed by atoms with E-state index in [4.69, 9.17) is 0 Å². The van der Waals surface area contributed by atoms with Crippen molar-refractivity contribution in [2.45, 2.75) is 38.9 Å². The number of nitrogens with one attached hydrogen (secondary N) is 2. The minimum Gasteiger partial charge on any atom is -0.480 e. The van der Waals surface area contributed by atoms with Crippen molar-refractivity contribution in [1.29, 1.82) is 0 Å². The molecule has 0 spiro atoms. The van der Waals surface area contributed by atoms with Gasteiger partial charge in [0.15, 0.2) is 0 Å². The van der Waals surface area contributed by atoms with E-state index in [9.17, 15) is 14.7 Å². The number of aromatic nitrogens is 1. The Morgan fingerprint density at radius 2 is 2.09 bits per heavy atom. The lowest BCUT2D eigenvalue weighted by Gasteiger charge is -2.33. The second kappa shape index (κ2) is 5.36. The number of urea groups is 1. The Morgan fingerprint density at radius 1 is 1.36 bits per heavy atom. The van der Waals surface area contributed by atoms with E-state index in [0.717, 1.165) is 22.2 Å². The van der Waals surface area contributed by atoms with Crippen molar-refractivity contribution < 1.29 is 14.7 Å². The first-order chi connectivity index (χ1) is 10.5. The number of fused-ring (bicyclic) bond motifs is 3. The molecule has 0 radical (unpaired) electrons. The number of carbonyl (C=O) groups is 2. The van der Waals surface area contributed by atoms with Crippen LogP contribution >= 0.6 is 0 Å². The smallest absolute Gasteiger partial charge is 0.326 e. The molecule has 0 saturated heterocycles. The molecule has 1 aliphatic rings. The van der Waals surface area contributed by atoms with Crippen molar-refractivity contribution in [3.05, 3.63) is 35.5 Å². The van der Waals surface area contributed by atoms with Gasteiger partial charge in [-0.05, 0) is 25.5 Å². The molecule has 1 aromatic heterocycles. The number of hydrogen-bond donors (Lipinski definition) is 3.